The standard InChI is InChI=1S/C29H24ClN3O4S/c1-2-37-22-7-5-6-21(17-22)33-28(35)25(27(34)31-29(33)36)16-19-18-32(26-9-4-3-8-24(19)26)14-15-38-23-12-10-20(30)11-13-23/h3-13,16-18H,2,14-15H2,1H3,(H,31,34,36)/b25-16+. The van der Waals surface area contributed by atoms with Crippen LogP contribution in [0.25, 0.3) is 17.0 Å². The summed E-state index contributed by atoms with van der Waals surface area (Å²) in [7, 11) is 0. The van der Waals surface area contributed by atoms with Crippen molar-refractivity contribution in [2.24, 2.45) is 0 Å². The van der Waals surface area contributed by atoms with Crippen molar-refractivity contribution in [1.29, 1.82) is 0 Å². The normalized spacial score (nSPS) is 14.8. The topological polar surface area (TPSA) is 80.6 Å². The number of anilines is 1. The number of aryl methyl sites for hydroxylation is 1. The van der Waals surface area contributed by atoms with E-state index in [1.165, 1.54) is 0 Å². The number of barbiturate groups is 1. The molecule has 192 valence electrons. The number of nitrogens with zero attached hydrogens (tertiary/aromatic N) is 2. The van der Waals surface area contributed by atoms with Crippen molar-refractivity contribution in [2.45, 2.75) is 18.4 Å². The fourth-order valence-corrected chi connectivity index (χ4v) is 5.27. The van der Waals surface area contributed by atoms with Gasteiger partial charge in [0.05, 0.1) is 12.3 Å². The number of aromatic nitrogens is 1. The lowest BCUT2D eigenvalue weighted by Crippen LogP contribution is -2.54. The summed E-state index contributed by atoms with van der Waals surface area (Å²) in [5.41, 5.74) is 1.90. The molecule has 0 aliphatic carbocycles. The van der Waals surface area contributed by atoms with Gasteiger partial charge in [0.25, 0.3) is 11.8 Å². The number of urea groups is 1. The Morgan fingerprint density at radius 2 is 1.79 bits per heavy atom. The van der Waals surface area contributed by atoms with E-state index in [1.807, 2.05) is 61.7 Å². The van der Waals surface area contributed by atoms with Gasteiger partial charge in [-0.05, 0) is 55.5 Å². The highest BCUT2D eigenvalue weighted by atomic mass is 35.5. The molecule has 4 aromatic rings. The number of carbonyl (C=O) groups is 3. The molecule has 3 aromatic carbocycles. The van der Waals surface area contributed by atoms with E-state index >= 15 is 0 Å². The van der Waals surface area contributed by atoms with Gasteiger partial charge in [-0.3, -0.25) is 14.9 Å². The third-order valence-corrected chi connectivity index (χ3v) is 7.27. The van der Waals surface area contributed by atoms with Crippen LogP contribution in [0.1, 0.15) is 12.5 Å². The molecule has 0 atom stereocenters. The van der Waals surface area contributed by atoms with Crippen LogP contribution in [0.2, 0.25) is 5.02 Å². The molecule has 1 fully saturated rings. The van der Waals surface area contributed by atoms with Crippen LogP contribution in [0.15, 0.2) is 89.5 Å². The van der Waals surface area contributed by atoms with Crippen LogP contribution in [-0.2, 0) is 16.1 Å². The highest BCUT2D eigenvalue weighted by Gasteiger charge is 2.37. The van der Waals surface area contributed by atoms with Crippen molar-refractivity contribution < 1.29 is 19.1 Å². The lowest BCUT2D eigenvalue weighted by Gasteiger charge is -2.26. The molecule has 1 aromatic heterocycles. The van der Waals surface area contributed by atoms with Crippen LogP contribution in [0, 0.1) is 0 Å². The molecule has 0 bridgehead atoms. The third kappa shape index (κ3) is 5.32. The minimum atomic E-state index is -0.799. The number of para-hydroxylation sites is 1. The van der Waals surface area contributed by atoms with Gasteiger partial charge in [0.15, 0.2) is 0 Å². The fourth-order valence-electron chi connectivity index (χ4n) is 4.29. The number of carbonyl (C=O) groups excluding carboxylic acids is 3. The van der Waals surface area contributed by atoms with E-state index in [-0.39, 0.29) is 5.57 Å². The van der Waals surface area contributed by atoms with Gasteiger partial charge >= 0.3 is 6.03 Å². The lowest BCUT2D eigenvalue weighted by atomic mass is 10.1. The number of halogens is 1. The molecular formula is C29H24ClN3O4S. The fraction of sp³-hybridized carbons (Fsp3) is 0.138. The predicted octanol–water partition coefficient (Wildman–Crippen LogP) is 6.15. The lowest BCUT2D eigenvalue weighted by molar-refractivity contribution is -0.122. The smallest absolute Gasteiger partial charge is 0.335 e. The third-order valence-electron chi connectivity index (χ3n) is 6.02. The Morgan fingerprint density at radius 3 is 2.58 bits per heavy atom. The zero-order valence-electron chi connectivity index (χ0n) is 20.5. The largest absolute Gasteiger partial charge is 0.494 e. The number of ether oxygens (including phenoxy) is 1. The van der Waals surface area contributed by atoms with Crippen LogP contribution in [-0.4, -0.2) is 34.8 Å². The molecule has 0 radical (unpaired) electrons. The van der Waals surface area contributed by atoms with Gasteiger partial charge in [-0.1, -0.05) is 35.9 Å². The summed E-state index contributed by atoms with van der Waals surface area (Å²) in [4.78, 5) is 40.9. The van der Waals surface area contributed by atoms with Gasteiger partial charge < -0.3 is 9.30 Å². The van der Waals surface area contributed by atoms with E-state index in [2.05, 4.69) is 9.88 Å². The summed E-state index contributed by atoms with van der Waals surface area (Å²) in [5.74, 6) is -0.0868. The Morgan fingerprint density at radius 1 is 1.00 bits per heavy atom. The summed E-state index contributed by atoms with van der Waals surface area (Å²) in [6.45, 7) is 3.00. The number of nitrogens with one attached hydrogen (secondary N) is 1. The minimum Gasteiger partial charge on any atom is -0.494 e. The first kappa shape index (κ1) is 25.6. The van der Waals surface area contributed by atoms with E-state index in [0.29, 0.717) is 35.2 Å². The number of fused-ring (bicyclic) bond motifs is 1. The number of imide groups is 2. The van der Waals surface area contributed by atoms with Gasteiger partial charge in [-0.25, -0.2) is 9.69 Å². The summed E-state index contributed by atoms with van der Waals surface area (Å²) >= 11 is 7.70. The summed E-state index contributed by atoms with van der Waals surface area (Å²) in [5, 5.41) is 3.89. The molecule has 1 aliphatic rings. The molecule has 9 heteroatoms. The molecule has 5 rings (SSSR count). The number of benzene rings is 3. The maximum Gasteiger partial charge on any atom is 0.335 e. The molecule has 7 nitrogen and oxygen atoms in total. The van der Waals surface area contributed by atoms with Crippen molar-refractivity contribution in [3.63, 3.8) is 0 Å². The zero-order chi connectivity index (χ0) is 26.6. The maximum absolute atomic E-state index is 13.4. The van der Waals surface area contributed by atoms with E-state index in [1.54, 1.807) is 42.1 Å². The summed E-state index contributed by atoms with van der Waals surface area (Å²) in [6.07, 6.45) is 3.48. The number of rotatable bonds is 8. The first-order chi connectivity index (χ1) is 18.4. The van der Waals surface area contributed by atoms with Crippen molar-refractivity contribution in [3.8, 4) is 5.75 Å². The number of thioether (sulfide) groups is 1. The second kappa shape index (κ2) is 11.2. The Kier molecular flexibility index (Phi) is 7.53. The van der Waals surface area contributed by atoms with Gasteiger partial charge in [0.1, 0.15) is 11.3 Å². The number of hydrogen-bond donors (Lipinski definition) is 1. The Balaban J connectivity index is 1.44. The van der Waals surface area contributed by atoms with Crippen molar-refractivity contribution in [1.82, 2.24) is 9.88 Å². The first-order valence-corrected chi connectivity index (χ1v) is 13.4. The Hall–Kier alpha value is -4.01. The van der Waals surface area contributed by atoms with Crippen LogP contribution in [0.5, 0.6) is 5.75 Å². The van der Waals surface area contributed by atoms with Gasteiger partial charge in [-0.2, -0.15) is 0 Å². The average molecular weight is 546 g/mol. The van der Waals surface area contributed by atoms with E-state index < -0.39 is 17.8 Å². The summed E-state index contributed by atoms with van der Waals surface area (Å²) < 4.78 is 7.61. The van der Waals surface area contributed by atoms with Gasteiger partial charge in [-0.15, -0.1) is 11.8 Å². The number of amides is 4. The van der Waals surface area contributed by atoms with E-state index in [4.69, 9.17) is 16.3 Å². The number of hydrogen-bond acceptors (Lipinski definition) is 5. The van der Waals surface area contributed by atoms with Crippen LogP contribution in [0.4, 0.5) is 10.5 Å². The molecule has 4 amide bonds. The molecule has 2 heterocycles. The second-order valence-corrected chi connectivity index (χ2v) is 10.1. The van der Waals surface area contributed by atoms with Crippen molar-refractivity contribution >= 4 is 63.9 Å². The van der Waals surface area contributed by atoms with Crippen molar-refractivity contribution in [3.05, 3.63) is 95.2 Å². The van der Waals surface area contributed by atoms with E-state index in [0.717, 1.165) is 26.5 Å². The molecule has 0 spiro atoms. The molecule has 38 heavy (non-hydrogen) atoms. The maximum atomic E-state index is 13.4. The Labute approximate surface area is 229 Å². The minimum absolute atomic E-state index is 0.121. The molecular weight excluding hydrogens is 522 g/mol. The monoisotopic (exact) mass is 545 g/mol. The molecule has 1 N–H and O–H groups in total. The molecule has 0 saturated carbocycles. The molecule has 1 aliphatic heterocycles. The molecule has 1 saturated heterocycles. The second-order valence-electron chi connectivity index (χ2n) is 8.49. The van der Waals surface area contributed by atoms with Crippen LogP contribution < -0.4 is 15.0 Å². The zero-order valence-corrected chi connectivity index (χ0v) is 22.1. The van der Waals surface area contributed by atoms with E-state index in [9.17, 15) is 14.4 Å². The highest BCUT2D eigenvalue weighted by molar-refractivity contribution is 7.99. The van der Waals surface area contributed by atoms with Crippen LogP contribution in [0.3, 0.4) is 0 Å². The highest BCUT2D eigenvalue weighted by Crippen LogP contribution is 2.29. The Bertz CT molecular complexity index is 1560. The summed E-state index contributed by atoms with van der Waals surface area (Å²) in [6, 6.07) is 21.4. The SMILES string of the molecule is CCOc1cccc(N2C(=O)NC(=O)/C(=C\c3cn(CCSc4ccc(Cl)cc4)c4ccccc34)C2=O)c1. The quantitative estimate of drug-likeness (QED) is 0.163. The van der Waals surface area contributed by atoms with Crippen molar-refractivity contribution in [2.75, 3.05) is 17.3 Å². The van der Waals surface area contributed by atoms with Gasteiger partial charge in [0.2, 0.25) is 0 Å². The van der Waals surface area contributed by atoms with Gasteiger partial charge in [0, 0.05) is 50.9 Å². The van der Waals surface area contributed by atoms with Crippen LogP contribution >= 0.6 is 23.4 Å². The molecule has 0 unspecified atom stereocenters. The average Bonchev–Trinajstić information content (AvgIpc) is 3.25. The first-order valence-electron chi connectivity index (χ1n) is 12.0. The predicted molar refractivity (Wildman–Crippen MR) is 151 cm³/mol.